The Balaban J connectivity index is 1.48. The van der Waals surface area contributed by atoms with Crippen LogP contribution in [0.15, 0.2) is 72.8 Å². The first kappa shape index (κ1) is 25.1. The lowest BCUT2D eigenvalue weighted by molar-refractivity contribution is -0.0467. The topological polar surface area (TPSA) is 105 Å². The molecule has 180 valence electrons. The summed E-state index contributed by atoms with van der Waals surface area (Å²) in [6.07, 6.45) is -0.266. The largest absolute Gasteiger partial charge is 0.507 e. The van der Waals surface area contributed by atoms with Gasteiger partial charge < -0.3 is 26.0 Å². The molecular formula is C26H28F2N2O4. The lowest BCUT2D eigenvalue weighted by Crippen LogP contribution is -2.32. The Labute approximate surface area is 197 Å². The van der Waals surface area contributed by atoms with Gasteiger partial charge in [-0.2, -0.15) is 8.78 Å². The lowest BCUT2D eigenvalue weighted by Gasteiger charge is -2.19. The maximum absolute atomic E-state index is 14.3. The van der Waals surface area contributed by atoms with Crippen molar-refractivity contribution in [2.75, 3.05) is 13.2 Å². The summed E-state index contributed by atoms with van der Waals surface area (Å²) in [5.74, 6) is -3.74. The van der Waals surface area contributed by atoms with E-state index in [0.29, 0.717) is 17.7 Å². The van der Waals surface area contributed by atoms with Crippen molar-refractivity contribution in [3.63, 3.8) is 0 Å². The first-order chi connectivity index (χ1) is 16.2. The SMILES string of the molecule is CC(Cc1ccc(OCC(F)(F)c2ccccc2)cc1)NCC(O)c1ccc(O)c(C(N)=O)c1. The number of alkyl halides is 2. The van der Waals surface area contributed by atoms with E-state index in [0.717, 1.165) is 5.56 Å². The summed E-state index contributed by atoms with van der Waals surface area (Å²) in [6.45, 7) is 1.42. The molecule has 3 rings (SSSR count). The zero-order chi connectivity index (χ0) is 24.7. The Morgan fingerprint density at radius 1 is 1.09 bits per heavy atom. The highest BCUT2D eigenvalue weighted by Gasteiger charge is 2.32. The van der Waals surface area contributed by atoms with Gasteiger partial charge in [0.1, 0.15) is 11.5 Å². The number of phenols is 1. The van der Waals surface area contributed by atoms with E-state index in [2.05, 4.69) is 5.32 Å². The maximum Gasteiger partial charge on any atom is 0.306 e. The third-order valence-electron chi connectivity index (χ3n) is 5.41. The van der Waals surface area contributed by atoms with Gasteiger partial charge in [0.25, 0.3) is 5.91 Å². The van der Waals surface area contributed by atoms with Crippen molar-refractivity contribution in [3.8, 4) is 11.5 Å². The number of ether oxygens (including phenoxy) is 1. The van der Waals surface area contributed by atoms with Gasteiger partial charge in [-0.3, -0.25) is 4.79 Å². The van der Waals surface area contributed by atoms with E-state index in [1.54, 1.807) is 30.3 Å². The normalized spacial score (nSPS) is 13.3. The number of aliphatic hydroxyl groups excluding tert-OH is 1. The summed E-state index contributed by atoms with van der Waals surface area (Å²) in [7, 11) is 0. The van der Waals surface area contributed by atoms with Gasteiger partial charge in [0.05, 0.1) is 11.7 Å². The molecule has 0 saturated heterocycles. The van der Waals surface area contributed by atoms with E-state index in [1.807, 2.05) is 19.1 Å². The van der Waals surface area contributed by atoms with Gasteiger partial charge in [0.2, 0.25) is 0 Å². The molecule has 34 heavy (non-hydrogen) atoms. The predicted octanol–water partition coefficient (Wildman–Crippen LogP) is 3.92. The number of aliphatic hydroxyl groups is 1. The quantitative estimate of drug-likeness (QED) is 0.340. The Hall–Kier alpha value is -3.49. The Morgan fingerprint density at radius 2 is 1.76 bits per heavy atom. The van der Waals surface area contributed by atoms with Crippen LogP contribution in [0.25, 0.3) is 0 Å². The Bertz CT molecular complexity index is 1090. The number of carbonyl (C=O) groups is 1. The van der Waals surface area contributed by atoms with Gasteiger partial charge in [-0.05, 0) is 48.7 Å². The number of nitrogens with two attached hydrogens (primary N) is 1. The van der Waals surface area contributed by atoms with Crippen LogP contribution in [-0.4, -0.2) is 35.3 Å². The molecule has 2 atom stereocenters. The highest BCUT2D eigenvalue weighted by Crippen LogP contribution is 2.29. The van der Waals surface area contributed by atoms with Crippen LogP contribution in [0.4, 0.5) is 8.78 Å². The lowest BCUT2D eigenvalue weighted by atomic mass is 10.0. The van der Waals surface area contributed by atoms with Crippen LogP contribution in [0.1, 0.15) is 40.1 Å². The van der Waals surface area contributed by atoms with E-state index in [1.165, 1.54) is 30.3 Å². The van der Waals surface area contributed by atoms with Crippen LogP contribution >= 0.6 is 0 Å². The second-order valence-electron chi connectivity index (χ2n) is 8.17. The summed E-state index contributed by atoms with van der Waals surface area (Å²) >= 11 is 0. The number of benzene rings is 3. The molecule has 5 N–H and O–H groups in total. The number of nitrogens with one attached hydrogen (secondary N) is 1. The van der Waals surface area contributed by atoms with E-state index in [4.69, 9.17) is 10.5 Å². The monoisotopic (exact) mass is 470 g/mol. The molecule has 8 heteroatoms. The molecule has 0 saturated carbocycles. The number of amides is 1. The predicted molar refractivity (Wildman–Crippen MR) is 125 cm³/mol. The number of halogens is 2. The molecule has 0 heterocycles. The smallest absolute Gasteiger partial charge is 0.306 e. The second kappa shape index (κ2) is 11.1. The van der Waals surface area contributed by atoms with Gasteiger partial charge >= 0.3 is 5.92 Å². The van der Waals surface area contributed by atoms with E-state index >= 15 is 0 Å². The maximum atomic E-state index is 14.3. The van der Waals surface area contributed by atoms with Crippen molar-refractivity contribution in [3.05, 3.63) is 95.1 Å². The van der Waals surface area contributed by atoms with E-state index < -0.39 is 24.5 Å². The van der Waals surface area contributed by atoms with Crippen LogP contribution < -0.4 is 15.8 Å². The minimum atomic E-state index is -3.09. The molecule has 3 aromatic carbocycles. The zero-order valence-corrected chi connectivity index (χ0v) is 18.7. The molecule has 6 nitrogen and oxygen atoms in total. The third kappa shape index (κ3) is 6.76. The average Bonchev–Trinajstić information content (AvgIpc) is 2.83. The van der Waals surface area contributed by atoms with E-state index in [-0.39, 0.29) is 29.5 Å². The van der Waals surface area contributed by atoms with Crippen molar-refractivity contribution < 1.29 is 28.5 Å². The minimum Gasteiger partial charge on any atom is -0.507 e. The molecule has 0 radical (unpaired) electrons. The van der Waals surface area contributed by atoms with Crippen molar-refractivity contribution in [1.29, 1.82) is 0 Å². The molecule has 0 aliphatic rings. The summed E-state index contributed by atoms with van der Waals surface area (Å²) in [6, 6.07) is 18.7. The van der Waals surface area contributed by atoms with E-state index in [9.17, 15) is 23.8 Å². The fourth-order valence-electron chi connectivity index (χ4n) is 3.48. The standard InChI is InChI=1S/C26H28F2N2O4/c1-17(30-15-24(32)19-9-12-23(31)22(14-19)25(29)33)13-18-7-10-21(11-8-18)34-16-26(27,28)20-5-3-2-4-6-20/h2-12,14,17,24,30-32H,13,15-16H2,1H3,(H2,29,33). The highest BCUT2D eigenvalue weighted by atomic mass is 19.3. The van der Waals surface area contributed by atoms with Crippen molar-refractivity contribution in [2.45, 2.75) is 31.4 Å². The molecule has 0 aliphatic carbocycles. The molecular weight excluding hydrogens is 442 g/mol. The van der Waals surface area contributed by atoms with Gasteiger partial charge in [-0.15, -0.1) is 0 Å². The molecule has 2 unspecified atom stereocenters. The minimum absolute atomic E-state index is 0.00319. The number of primary amides is 1. The summed E-state index contributed by atoms with van der Waals surface area (Å²) in [4.78, 5) is 11.4. The Kier molecular flexibility index (Phi) is 8.20. The van der Waals surface area contributed by atoms with Crippen molar-refractivity contribution in [1.82, 2.24) is 5.32 Å². The van der Waals surface area contributed by atoms with Crippen LogP contribution in [0.5, 0.6) is 11.5 Å². The number of carbonyl (C=O) groups excluding carboxylic acids is 1. The first-order valence-electron chi connectivity index (χ1n) is 10.8. The molecule has 3 aromatic rings. The fourth-order valence-corrected chi connectivity index (χ4v) is 3.48. The number of hydrogen-bond acceptors (Lipinski definition) is 5. The van der Waals surface area contributed by atoms with Crippen LogP contribution in [0.2, 0.25) is 0 Å². The highest BCUT2D eigenvalue weighted by molar-refractivity contribution is 5.95. The Morgan fingerprint density at radius 3 is 2.41 bits per heavy atom. The van der Waals surface area contributed by atoms with Crippen LogP contribution in [-0.2, 0) is 12.3 Å². The number of rotatable bonds is 11. The zero-order valence-electron chi connectivity index (χ0n) is 18.7. The first-order valence-corrected chi connectivity index (χ1v) is 10.8. The number of hydrogen-bond donors (Lipinski definition) is 4. The molecule has 0 bridgehead atoms. The molecule has 0 aliphatic heterocycles. The fraction of sp³-hybridized carbons (Fsp3) is 0.269. The average molecular weight is 471 g/mol. The summed E-state index contributed by atoms with van der Waals surface area (Å²) < 4.78 is 33.8. The third-order valence-corrected chi connectivity index (χ3v) is 5.41. The van der Waals surface area contributed by atoms with Crippen molar-refractivity contribution in [2.24, 2.45) is 5.73 Å². The number of aromatic hydroxyl groups is 1. The van der Waals surface area contributed by atoms with Crippen LogP contribution in [0.3, 0.4) is 0 Å². The summed E-state index contributed by atoms with van der Waals surface area (Å²) in [5.41, 5.74) is 6.52. The second-order valence-corrected chi connectivity index (χ2v) is 8.17. The molecule has 0 spiro atoms. The van der Waals surface area contributed by atoms with Gasteiger partial charge in [-0.25, -0.2) is 0 Å². The van der Waals surface area contributed by atoms with Crippen molar-refractivity contribution >= 4 is 5.91 Å². The van der Waals surface area contributed by atoms with Gasteiger partial charge in [0, 0.05) is 18.2 Å². The molecule has 1 amide bonds. The van der Waals surface area contributed by atoms with Gasteiger partial charge in [0.15, 0.2) is 6.61 Å². The molecule has 0 fully saturated rings. The summed E-state index contributed by atoms with van der Waals surface area (Å²) in [5, 5.41) is 23.3. The van der Waals surface area contributed by atoms with Gasteiger partial charge in [-0.1, -0.05) is 48.5 Å². The van der Waals surface area contributed by atoms with Crippen LogP contribution in [0, 0.1) is 0 Å². The molecule has 0 aromatic heterocycles.